The van der Waals surface area contributed by atoms with E-state index in [2.05, 4.69) is 6.92 Å². The third-order valence-electron chi connectivity index (χ3n) is 6.67. The number of unbranched alkanes of at least 4 members (excludes halogenated alkanes) is 7. The highest BCUT2D eigenvalue weighted by Crippen LogP contribution is 2.46. The van der Waals surface area contributed by atoms with Gasteiger partial charge in [-0.05, 0) is 50.6 Å². The SMILES string of the molecule is CCCCCCCCCCOC1=C(C(=O)OC)C(c2ccc3c(c2)OCO3)Oc2ccc(OC(C)C)cc21. The third-order valence-corrected chi connectivity index (χ3v) is 6.67. The molecule has 0 spiro atoms. The van der Waals surface area contributed by atoms with Gasteiger partial charge in [-0.2, -0.15) is 0 Å². The molecule has 206 valence electrons. The van der Waals surface area contributed by atoms with Crippen LogP contribution in [-0.2, 0) is 14.3 Å². The Morgan fingerprint density at radius 2 is 1.63 bits per heavy atom. The number of rotatable bonds is 14. The number of benzene rings is 2. The summed E-state index contributed by atoms with van der Waals surface area (Å²) in [4.78, 5) is 13.2. The van der Waals surface area contributed by atoms with Gasteiger partial charge >= 0.3 is 5.97 Å². The monoisotopic (exact) mass is 524 g/mol. The molecule has 1 unspecified atom stereocenters. The van der Waals surface area contributed by atoms with Crippen molar-refractivity contribution in [2.75, 3.05) is 20.5 Å². The van der Waals surface area contributed by atoms with Gasteiger partial charge in [0.1, 0.15) is 22.8 Å². The number of esters is 1. The van der Waals surface area contributed by atoms with Crippen molar-refractivity contribution in [2.24, 2.45) is 0 Å². The Hall–Kier alpha value is -3.35. The molecule has 0 aromatic heterocycles. The molecule has 7 nitrogen and oxygen atoms in total. The molecule has 0 amide bonds. The maximum absolute atomic E-state index is 13.2. The third kappa shape index (κ3) is 6.74. The second kappa shape index (κ2) is 13.4. The number of ether oxygens (including phenoxy) is 6. The van der Waals surface area contributed by atoms with Crippen molar-refractivity contribution in [3.05, 3.63) is 53.1 Å². The van der Waals surface area contributed by atoms with E-state index in [0.29, 0.717) is 46.5 Å². The van der Waals surface area contributed by atoms with Crippen LogP contribution in [0.25, 0.3) is 5.76 Å². The molecule has 1 atom stereocenters. The lowest BCUT2D eigenvalue weighted by Crippen LogP contribution is -2.25. The van der Waals surface area contributed by atoms with Crippen molar-refractivity contribution in [3.63, 3.8) is 0 Å². The van der Waals surface area contributed by atoms with E-state index in [0.717, 1.165) is 18.4 Å². The highest BCUT2D eigenvalue weighted by molar-refractivity contribution is 5.99. The van der Waals surface area contributed by atoms with Crippen LogP contribution >= 0.6 is 0 Å². The lowest BCUT2D eigenvalue weighted by molar-refractivity contribution is -0.137. The molecule has 0 saturated carbocycles. The predicted octanol–water partition coefficient (Wildman–Crippen LogP) is 7.38. The highest BCUT2D eigenvalue weighted by Gasteiger charge is 2.37. The first-order valence-corrected chi connectivity index (χ1v) is 13.8. The van der Waals surface area contributed by atoms with Crippen LogP contribution in [0.2, 0.25) is 0 Å². The fourth-order valence-electron chi connectivity index (χ4n) is 4.77. The lowest BCUT2D eigenvalue weighted by Gasteiger charge is -2.30. The topological polar surface area (TPSA) is 72.5 Å². The van der Waals surface area contributed by atoms with Gasteiger partial charge in [-0.25, -0.2) is 4.79 Å². The summed E-state index contributed by atoms with van der Waals surface area (Å²) in [5.41, 5.74) is 1.75. The molecule has 0 saturated heterocycles. The van der Waals surface area contributed by atoms with Crippen LogP contribution in [0.1, 0.15) is 89.4 Å². The second-order valence-corrected chi connectivity index (χ2v) is 9.99. The molecule has 0 aliphatic carbocycles. The van der Waals surface area contributed by atoms with Crippen molar-refractivity contribution in [1.82, 2.24) is 0 Å². The quantitative estimate of drug-likeness (QED) is 0.189. The predicted molar refractivity (Wildman–Crippen MR) is 146 cm³/mol. The number of carbonyl (C=O) groups is 1. The molecule has 7 heteroatoms. The van der Waals surface area contributed by atoms with Crippen molar-refractivity contribution in [3.8, 4) is 23.0 Å². The fourth-order valence-corrected chi connectivity index (χ4v) is 4.77. The summed E-state index contributed by atoms with van der Waals surface area (Å²) in [6, 6.07) is 11.1. The average Bonchev–Trinajstić information content (AvgIpc) is 3.39. The summed E-state index contributed by atoms with van der Waals surface area (Å²) >= 11 is 0. The summed E-state index contributed by atoms with van der Waals surface area (Å²) in [5, 5.41) is 0. The lowest BCUT2D eigenvalue weighted by atomic mass is 9.94. The van der Waals surface area contributed by atoms with Crippen LogP contribution in [0, 0.1) is 0 Å². The van der Waals surface area contributed by atoms with Gasteiger partial charge in [0.15, 0.2) is 17.6 Å². The standard InChI is InChI=1S/C31H40O7/c1-5-6-7-8-9-10-11-12-17-34-30-24-19-23(37-21(2)3)14-16-25(24)38-29(28(30)31(32)33-4)22-13-15-26-27(18-22)36-20-35-26/h13-16,18-19,21,29H,5-12,17,20H2,1-4H3. The Labute approximate surface area is 226 Å². The second-order valence-electron chi connectivity index (χ2n) is 9.99. The van der Waals surface area contributed by atoms with E-state index in [1.165, 1.54) is 45.6 Å². The summed E-state index contributed by atoms with van der Waals surface area (Å²) < 4.78 is 35.0. The molecule has 2 aromatic rings. The molecule has 4 rings (SSSR count). The maximum atomic E-state index is 13.2. The van der Waals surface area contributed by atoms with Crippen LogP contribution < -0.4 is 18.9 Å². The minimum atomic E-state index is -0.727. The fraction of sp³-hybridized carbons (Fsp3) is 0.516. The first kappa shape index (κ1) is 27.7. The highest BCUT2D eigenvalue weighted by atomic mass is 16.7. The maximum Gasteiger partial charge on any atom is 0.341 e. The van der Waals surface area contributed by atoms with Gasteiger partial charge in [-0.15, -0.1) is 0 Å². The minimum Gasteiger partial charge on any atom is -0.492 e. The van der Waals surface area contributed by atoms with Gasteiger partial charge < -0.3 is 28.4 Å². The normalized spacial score (nSPS) is 15.8. The first-order chi connectivity index (χ1) is 18.5. The summed E-state index contributed by atoms with van der Waals surface area (Å²) in [6.45, 7) is 6.84. The zero-order valence-corrected chi connectivity index (χ0v) is 23.0. The van der Waals surface area contributed by atoms with Crippen LogP contribution in [-0.4, -0.2) is 32.6 Å². The Morgan fingerprint density at radius 1 is 0.921 bits per heavy atom. The largest absolute Gasteiger partial charge is 0.492 e. The summed E-state index contributed by atoms with van der Waals surface area (Å²) in [6.07, 6.45) is 8.84. The molecule has 0 bridgehead atoms. The van der Waals surface area contributed by atoms with Gasteiger partial charge in [0.05, 0.1) is 25.4 Å². The zero-order valence-electron chi connectivity index (χ0n) is 23.0. The van der Waals surface area contributed by atoms with E-state index in [9.17, 15) is 4.79 Å². The van der Waals surface area contributed by atoms with E-state index >= 15 is 0 Å². The summed E-state index contributed by atoms with van der Waals surface area (Å²) in [5.74, 6) is 2.54. The van der Waals surface area contributed by atoms with E-state index < -0.39 is 12.1 Å². The van der Waals surface area contributed by atoms with Crippen molar-refractivity contribution in [1.29, 1.82) is 0 Å². The molecule has 2 heterocycles. The summed E-state index contributed by atoms with van der Waals surface area (Å²) in [7, 11) is 1.37. The first-order valence-electron chi connectivity index (χ1n) is 13.8. The van der Waals surface area contributed by atoms with E-state index in [1.54, 1.807) is 0 Å². The molecule has 0 radical (unpaired) electrons. The molecule has 0 N–H and O–H groups in total. The van der Waals surface area contributed by atoms with Gasteiger partial charge in [0.2, 0.25) is 6.79 Å². The smallest absolute Gasteiger partial charge is 0.341 e. The molecule has 2 aliphatic rings. The number of hydrogen-bond acceptors (Lipinski definition) is 7. The van der Waals surface area contributed by atoms with Crippen LogP contribution in [0.15, 0.2) is 42.0 Å². The molecular weight excluding hydrogens is 484 g/mol. The number of methoxy groups -OCH3 is 1. The Kier molecular flexibility index (Phi) is 9.79. The Bertz CT molecular complexity index is 1120. The minimum absolute atomic E-state index is 0.00434. The molecular formula is C31H40O7. The number of fused-ring (bicyclic) bond motifs is 2. The molecule has 0 fully saturated rings. The van der Waals surface area contributed by atoms with Gasteiger partial charge in [0.25, 0.3) is 0 Å². The van der Waals surface area contributed by atoms with Gasteiger partial charge in [0, 0.05) is 5.56 Å². The van der Waals surface area contributed by atoms with E-state index in [1.807, 2.05) is 50.2 Å². The van der Waals surface area contributed by atoms with E-state index in [4.69, 9.17) is 28.4 Å². The molecule has 2 aromatic carbocycles. The van der Waals surface area contributed by atoms with Crippen molar-refractivity contribution in [2.45, 2.75) is 84.3 Å². The van der Waals surface area contributed by atoms with Crippen LogP contribution in [0.3, 0.4) is 0 Å². The van der Waals surface area contributed by atoms with Crippen molar-refractivity contribution >= 4 is 11.7 Å². The molecule has 38 heavy (non-hydrogen) atoms. The number of hydrogen-bond donors (Lipinski definition) is 0. The Morgan fingerprint density at radius 3 is 2.37 bits per heavy atom. The van der Waals surface area contributed by atoms with Crippen LogP contribution in [0.4, 0.5) is 0 Å². The van der Waals surface area contributed by atoms with Crippen molar-refractivity contribution < 1.29 is 33.2 Å². The van der Waals surface area contributed by atoms with Gasteiger partial charge in [-0.3, -0.25) is 0 Å². The van der Waals surface area contributed by atoms with Gasteiger partial charge in [-0.1, -0.05) is 57.9 Å². The Balaban J connectivity index is 1.61. The van der Waals surface area contributed by atoms with E-state index in [-0.39, 0.29) is 12.9 Å². The average molecular weight is 525 g/mol. The van der Waals surface area contributed by atoms with Crippen LogP contribution in [0.5, 0.6) is 23.0 Å². The number of carbonyl (C=O) groups excluding carboxylic acids is 1. The zero-order chi connectivity index (χ0) is 26.9. The molecule has 2 aliphatic heterocycles.